The molecule has 8 nitrogen and oxygen atoms in total. The van der Waals surface area contributed by atoms with Gasteiger partial charge in [-0.2, -0.15) is 13.2 Å². The molecule has 2 aliphatic rings. The number of carbonyl (C=O) groups excluding carboxylic acids is 1. The molecule has 0 bridgehead atoms. The summed E-state index contributed by atoms with van der Waals surface area (Å²) in [5.74, 6) is 7.14. The third-order valence-corrected chi connectivity index (χ3v) is 8.06. The fraction of sp³-hybridized carbons (Fsp3) is 0.407. The zero-order chi connectivity index (χ0) is 27.8. The maximum absolute atomic E-state index is 13.5. The van der Waals surface area contributed by atoms with Gasteiger partial charge < -0.3 is 30.0 Å². The number of rotatable bonds is 7. The van der Waals surface area contributed by atoms with Gasteiger partial charge in [-0.15, -0.1) is 0 Å². The summed E-state index contributed by atoms with van der Waals surface area (Å²) in [6.45, 7) is 2.08. The van der Waals surface area contributed by atoms with E-state index in [1.807, 2.05) is 0 Å². The number of fused-ring (bicyclic) bond motifs is 2. The molecule has 206 valence electrons. The van der Waals surface area contributed by atoms with Crippen LogP contribution in [0.15, 0.2) is 41.7 Å². The number of aromatic nitrogens is 2. The van der Waals surface area contributed by atoms with Gasteiger partial charge in [0.2, 0.25) is 0 Å². The lowest BCUT2D eigenvalue weighted by atomic mass is 10.1. The van der Waals surface area contributed by atoms with Crippen LogP contribution in [0.2, 0.25) is 0 Å². The van der Waals surface area contributed by atoms with Gasteiger partial charge >= 0.3 is 5.51 Å². The standard InChI is InChI=1S/C27H29F3N6O2S/c1-31-24(37)17-6-7-22(38-3)20(13-17)32-9-4-5-18-14-21-23(34-26-8-11-35(2)16-19(26)15-26)33-10-12-36(21)25(18)39-27(28,29)30/h6-7,10,12-14,19,32H,8-9,11,15-16H2,1-3H3,(H,31,37)(H,33,34)/t19-,26+/m0/s1. The van der Waals surface area contributed by atoms with Crippen LogP contribution in [0.3, 0.4) is 0 Å². The summed E-state index contributed by atoms with van der Waals surface area (Å²) >= 11 is -0.190. The molecule has 1 saturated heterocycles. The van der Waals surface area contributed by atoms with Gasteiger partial charge in [0, 0.05) is 55.4 Å². The Kier molecular flexibility index (Phi) is 7.31. The number of carbonyl (C=O) groups is 1. The minimum Gasteiger partial charge on any atom is -0.495 e. The Morgan fingerprint density at radius 2 is 2.15 bits per heavy atom. The van der Waals surface area contributed by atoms with Crippen LogP contribution in [0, 0.1) is 17.8 Å². The zero-order valence-electron chi connectivity index (χ0n) is 21.8. The van der Waals surface area contributed by atoms with Crippen LogP contribution in [-0.2, 0) is 0 Å². The number of likely N-dealkylation sites (tertiary alicyclic amines) is 1. The third-order valence-electron chi connectivity index (χ3n) is 7.21. The first-order valence-electron chi connectivity index (χ1n) is 12.5. The molecule has 0 unspecified atom stereocenters. The number of piperidine rings is 1. The minimum absolute atomic E-state index is 0.0112. The normalized spacial score (nSPS) is 20.5. The lowest BCUT2D eigenvalue weighted by Gasteiger charge is -2.30. The van der Waals surface area contributed by atoms with Gasteiger partial charge in [-0.05, 0) is 50.1 Å². The molecule has 2 aromatic heterocycles. The predicted octanol–water partition coefficient (Wildman–Crippen LogP) is 4.28. The second-order valence-electron chi connectivity index (χ2n) is 9.79. The number of anilines is 2. The lowest BCUT2D eigenvalue weighted by molar-refractivity contribution is -0.0329. The predicted molar refractivity (Wildman–Crippen MR) is 145 cm³/mol. The number of halogens is 3. The van der Waals surface area contributed by atoms with Crippen LogP contribution >= 0.6 is 11.8 Å². The second-order valence-corrected chi connectivity index (χ2v) is 10.8. The average Bonchev–Trinajstić information content (AvgIpc) is 3.50. The van der Waals surface area contributed by atoms with Gasteiger partial charge in [-0.1, -0.05) is 11.8 Å². The van der Waals surface area contributed by atoms with Crippen molar-refractivity contribution in [3.8, 4) is 17.6 Å². The van der Waals surface area contributed by atoms with Gasteiger partial charge in [-0.25, -0.2) is 4.98 Å². The Morgan fingerprint density at radius 3 is 2.87 bits per heavy atom. The number of alkyl halides is 3. The molecular weight excluding hydrogens is 529 g/mol. The van der Waals surface area contributed by atoms with Gasteiger partial charge in [0.15, 0.2) is 5.82 Å². The van der Waals surface area contributed by atoms with Crippen molar-refractivity contribution in [1.82, 2.24) is 19.6 Å². The molecule has 1 aliphatic carbocycles. The topological polar surface area (TPSA) is 82.9 Å². The molecule has 2 atom stereocenters. The number of thioether (sulfide) groups is 1. The molecule has 0 radical (unpaired) electrons. The SMILES string of the molecule is CNC(=O)c1ccc(OC)c(NCC#Cc2cc3c(N[C@@]45CCN(C)C[C@@H]4C5)nccn3c2SC(F)(F)F)c1. The number of amides is 1. The van der Waals surface area contributed by atoms with Gasteiger partial charge in [0.25, 0.3) is 5.91 Å². The van der Waals surface area contributed by atoms with Crippen molar-refractivity contribution in [2.45, 2.75) is 28.9 Å². The highest BCUT2D eigenvalue weighted by Crippen LogP contribution is 2.51. The van der Waals surface area contributed by atoms with Crippen molar-refractivity contribution in [2.75, 3.05) is 51.5 Å². The number of hydrogen-bond donors (Lipinski definition) is 3. The minimum atomic E-state index is -4.48. The Morgan fingerprint density at radius 1 is 1.33 bits per heavy atom. The van der Waals surface area contributed by atoms with Crippen molar-refractivity contribution in [3.63, 3.8) is 0 Å². The summed E-state index contributed by atoms with van der Waals surface area (Å²) in [6, 6.07) is 6.59. The molecule has 12 heteroatoms. The summed E-state index contributed by atoms with van der Waals surface area (Å²) in [5.41, 5.74) is -2.74. The molecule has 2 fully saturated rings. The van der Waals surface area contributed by atoms with E-state index < -0.39 is 5.51 Å². The lowest BCUT2D eigenvalue weighted by Crippen LogP contribution is -2.39. The van der Waals surface area contributed by atoms with E-state index in [0.717, 1.165) is 25.9 Å². The Hall–Kier alpha value is -3.56. The molecule has 39 heavy (non-hydrogen) atoms. The maximum Gasteiger partial charge on any atom is 0.447 e. The monoisotopic (exact) mass is 558 g/mol. The zero-order valence-corrected chi connectivity index (χ0v) is 22.6. The molecule has 3 aromatic rings. The number of hydrogen-bond acceptors (Lipinski definition) is 7. The van der Waals surface area contributed by atoms with Crippen molar-refractivity contribution in [2.24, 2.45) is 5.92 Å². The summed E-state index contributed by atoms with van der Waals surface area (Å²) in [4.78, 5) is 18.8. The highest BCUT2D eigenvalue weighted by Gasteiger charge is 2.56. The number of nitrogens with zero attached hydrogens (tertiary/aromatic N) is 3. The van der Waals surface area contributed by atoms with E-state index in [4.69, 9.17) is 4.74 Å². The van der Waals surface area contributed by atoms with Crippen LogP contribution in [-0.4, -0.2) is 72.1 Å². The van der Waals surface area contributed by atoms with Crippen molar-refractivity contribution >= 4 is 34.7 Å². The molecule has 1 aliphatic heterocycles. The van der Waals surface area contributed by atoms with Crippen LogP contribution in [0.5, 0.6) is 5.75 Å². The van der Waals surface area contributed by atoms with E-state index in [1.165, 1.54) is 31.0 Å². The Bertz CT molecular complexity index is 1460. The van der Waals surface area contributed by atoms with Crippen LogP contribution in [0.4, 0.5) is 24.7 Å². The van der Waals surface area contributed by atoms with Crippen molar-refractivity contribution in [3.05, 3.63) is 47.8 Å². The highest BCUT2D eigenvalue weighted by atomic mass is 32.2. The Balaban J connectivity index is 1.41. The summed E-state index contributed by atoms with van der Waals surface area (Å²) in [5, 5.41) is 9.21. The smallest absolute Gasteiger partial charge is 0.447 e. The summed E-state index contributed by atoms with van der Waals surface area (Å²) < 4.78 is 47.5. The number of benzene rings is 1. The first kappa shape index (κ1) is 27.0. The van der Waals surface area contributed by atoms with Crippen LogP contribution < -0.4 is 20.7 Å². The molecule has 3 heterocycles. The molecule has 5 rings (SSSR count). The van der Waals surface area contributed by atoms with E-state index in [1.54, 1.807) is 24.3 Å². The molecule has 0 spiro atoms. The molecule has 1 amide bonds. The van der Waals surface area contributed by atoms with Gasteiger partial charge in [0.05, 0.1) is 30.4 Å². The number of nitrogens with one attached hydrogen (secondary N) is 3. The molecule has 1 saturated carbocycles. The van der Waals surface area contributed by atoms with E-state index in [9.17, 15) is 18.0 Å². The molecular formula is C27H29F3N6O2S. The fourth-order valence-electron chi connectivity index (χ4n) is 5.12. The summed E-state index contributed by atoms with van der Waals surface area (Å²) in [6.07, 6.45) is 5.03. The van der Waals surface area contributed by atoms with E-state index in [0.29, 0.717) is 34.3 Å². The van der Waals surface area contributed by atoms with Gasteiger partial charge in [0.1, 0.15) is 10.8 Å². The van der Waals surface area contributed by atoms with Crippen LogP contribution in [0.25, 0.3) is 5.52 Å². The van der Waals surface area contributed by atoms with E-state index >= 15 is 0 Å². The quantitative estimate of drug-likeness (QED) is 0.295. The number of methoxy groups -OCH3 is 1. The van der Waals surface area contributed by atoms with Crippen molar-refractivity contribution in [1.29, 1.82) is 0 Å². The molecule has 1 aromatic carbocycles. The first-order chi connectivity index (χ1) is 18.6. The fourth-order valence-corrected chi connectivity index (χ4v) is 5.82. The van der Waals surface area contributed by atoms with E-state index in [-0.39, 0.29) is 40.3 Å². The van der Waals surface area contributed by atoms with Crippen molar-refractivity contribution < 1.29 is 22.7 Å². The van der Waals surface area contributed by atoms with Crippen LogP contribution in [0.1, 0.15) is 28.8 Å². The molecule has 3 N–H and O–H groups in total. The summed E-state index contributed by atoms with van der Waals surface area (Å²) in [7, 11) is 5.15. The van der Waals surface area contributed by atoms with E-state index in [2.05, 4.69) is 44.7 Å². The Labute approximate surface area is 228 Å². The average molecular weight is 559 g/mol. The largest absolute Gasteiger partial charge is 0.495 e. The van der Waals surface area contributed by atoms with Gasteiger partial charge in [-0.3, -0.25) is 4.79 Å². The second kappa shape index (κ2) is 10.5. The highest BCUT2D eigenvalue weighted by molar-refractivity contribution is 8.00. The maximum atomic E-state index is 13.5. The third kappa shape index (κ3) is 5.74. The first-order valence-corrected chi connectivity index (χ1v) is 13.3. The number of ether oxygens (including phenoxy) is 1.